The summed E-state index contributed by atoms with van der Waals surface area (Å²) in [6.45, 7) is -1.73. The largest absolute Gasteiger partial charge is 0.435 e. The lowest BCUT2D eigenvalue weighted by Crippen LogP contribution is -2.05. The Kier molecular flexibility index (Phi) is 3.35. The molecule has 0 saturated carbocycles. The van der Waals surface area contributed by atoms with Gasteiger partial charge in [0.15, 0.2) is 0 Å². The molecule has 1 rings (SSSR count). The summed E-state index contributed by atoms with van der Waals surface area (Å²) in [6, 6.07) is 3.60. The van der Waals surface area contributed by atoms with Crippen LogP contribution in [0.5, 0.6) is 5.75 Å². The average Bonchev–Trinajstić information content (AvgIpc) is 2.19. The summed E-state index contributed by atoms with van der Waals surface area (Å²) in [7, 11) is 0. The van der Waals surface area contributed by atoms with Gasteiger partial charge in [0, 0.05) is 11.6 Å². The third kappa shape index (κ3) is 2.23. The van der Waals surface area contributed by atoms with E-state index in [2.05, 4.69) is 4.74 Å². The van der Waals surface area contributed by atoms with Crippen molar-refractivity contribution < 1.29 is 18.4 Å². The van der Waals surface area contributed by atoms with Crippen molar-refractivity contribution in [2.45, 2.75) is 13.5 Å². The Balaban J connectivity index is 3.30. The van der Waals surface area contributed by atoms with Gasteiger partial charge in [-0.05, 0) is 13.0 Å². The Morgan fingerprint density at radius 3 is 2.62 bits per heavy atom. The molecule has 0 aromatic heterocycles. The molecule has 1 aromatic rings. The fraction of sp³-hybridized carbons (Fsp3) is 0.222. The van der Waals surface area contributed by atoms with E-state index in [4.69, 9.17) is 5.26 Å². The van der Waals surface area contributed by atoms with Crippen molar-refractivity contribution in [3.63, 3.8) is 0 Å². The highest BCUT2D eigenvalue weighted by Crippen LogP contribution is 2.29. The van der Waals surface area contributed by atoms with E-state index in [1.807, 2.05) is 0 Å². The first-order valence-electron chi connectivity index (χ1n) is 4.10. The molecule has 0 N–H and O–H groups in total. The predicted molar refractivity (Wildman–Crippen MR) is 49.2 cm³/mol. The maximum absolute atomic E-state index is 12.0. The maximum atomic E-state index is 12.0. The summed E-state index contributed by atoms with van der Waals surface area (Å²) in [5, 5.41) is 19.2. The molecule has 0 bridgehead atoms. The molecule has 5 nitrogen and oxygen atoms in total. The molecule has 0 aliphatic carbocycles. The molecule has 0 atom stereocenters. The minimum absolute atomic E-state index is 0.0250. The van der Waals surface area contributed by atoms with Crippen molar-refractivity contribution in [2.75, 3.05) is 0 Å². The average molecular weight is 228 g/mol. The number of hydrogen-bond donors (Lipinski definition) is 0. The fourth-order valence-electron chi connectivity index (χ4n) is 1.20. The van der Waals surface area contributed by atoms with Gasteiger partial charge in [0.2, 0.25) is 0 Å². The van der Waals surface area contributed by atoms with Crippen LogP contribution in [0.2, 0.25) is 0 Å². The SMILES string of the molecule is Cc1c(OC(F)F)ccc([N+](=O)[O-])c1C#N. The molecule has 16 heavy (non-hydrogen) atoms. The van der Waals surface area contributed by atoms with Crippen LogP contribution in [0.3, 0.4) is 0 Å². The lowest BCUT2D eigenvalue weighted by molar-refractivity contribution is -0.385. The number of nitro benzene ring substituents is 1. The summed E-state index contributed by atoms with van der Waals surface area (Å²) in [5.74, 6) is -0.239. The molecular weight excluding hydrogens is 222 g/mol. The highest BCUT2D eigenvalue weighted by atomic mass is 19.3. The molecule has 0 aliphatic heterocycles. The minimum atomic E-state index is -3.04. The number of nitriles is 1. The van der Waals surface area contributed by atoms with E-state index in [1.54, 1.807) is 6.07 Å². The summed E-state index contributed by atoms with van der Waals surface area (Å²) >= 11 is 0. The van der Waals surface area contributed by atoms with Gasteiger partial charge in [-0.2, -0.15) is 14.0 Å². The minimum Gasteiger partial charge on any atom is -0.435 e. The number of benzene rings is 1. The van der Waals surface area contributed by atoms with Gasteiger partial charge in [-0.1, -0.05) is 0 Å². The predicted octanol–water partition coefficient (Wildman–Crippen LogP) is 2.38. The molecule has 84 valence electrons. The molecular formula is C9H6F2N2O3. The normalized spacial score (nSPS) is 9.94. The number of alkyl halides is 2. The van der Waals surface area contributed by atoms with Gasteiger partial charge < -0.3 is 4.74 Å². The molecule has 0 unspecified atom stereocenters. The molecule has 0 heterocycles. The van der Waals surface area contributed by atoms with Gasteiger partial charge in [0.05, 0.1) is 4.92 Å². The van der Waals surface area contributed by atoms with Crippen molar-refractivity contribution in [1.29, 1.82) is 5.26 Å². The Morgan fingerprint density at radius 1 is 1.56 bits per heavy atom. The highest BCUT2D eigenvalue weighted by molar-refractivity contribution is 5.58. The Hall–Kier alpha value is -2.23. The first kappa shape index (κ1) is 11.8. The number of hydrogen-bond acceptors (Lipinski definition) is 4. The van der Waals surface area contributed by atoms with Crippen LogP contribution >= 0.6 is 0 Å². The Labute approximate surface area is 89.0 Å². The molecule has 0 aliphatic rings. The zero-order chi connectivity index (χ0) is 12.3. The number of ether oxygens (including phenoxy) is 1. The summed E-state index contributed by atoms with van der Waals surface area (Å²) in [4.78, 5) is 9.78. The molecule has 1 aromatic carbocycles. The van der Waals surface area contributed by atoms with Crippen molar-refractivity contribution >= 4 is 5.69 Å². The van der Waals surface area contributed by atoms with E-state index in [0.29, 0.717) is 0 Å². The number of nitro groups is 1. The second-order valence-corrected chi connectivity index (χ2v) is 2.83. The topological polar surface area (TPSA) is 76.2 Å². The van der Waals surface area contributed by atoms with Crippen LogP contribution in [-0.4, -0.2) is 11.5 Å². The van der Waals surface area contributed by atoms with Crippen LogP contribution in [-0.2, 0) is 0 Å². The third-order valence-corrected chi connectivity index (χ3v) is 1.92. The quantitative estimate of drug-likeness (QED) is 0.587. The monoisotopic (exact) mass is 228 g/mol. The van der Waals surface area contributed by atoms with Gasteiger partial charge in [-0.25, -0.2) is 0 Å². The van der Waals surface area contributed by atoms with Gasteiger partial charge >= 0.3 is 6.61 Å². The van der Waals surface area contributed by atoms with E-state index in [-0.39, 0.29) is 16.9 Å². The molecule has 0 spiro atoms. The zero-order valence-electron chi connectivity index (χ0n) is 8.11. The molecule has 0 amide bonds. The van der Waals surface area contributed by atoms with Crippen molar-refractivity contribution in [3.05, 3.63) is 33.4 Å². The molecule has 7 heteroatoms. The van der Waals surface area contributed by atoms with Crippen LogP contribution < -0.4 is 4.74 Å². The van der Waals surface area contributed by atoms with Crippen molar-refractivity contribution in [2.24, 2.45) is 0 Å². The van der Waals surface area contributed by atoms with Crippen LogP contribution in [0.4, 0.5) is 14.5 Å². The van der Waals surface area contributed by atoms with E-state index < -0.39 is 17.2 Å². The fourth-order valence-corrected chi connectivity index (χ4v) is 1.20. The van der Waals surface area contributed by atoms with Gasteiger partial charge in [-0.3, -0.25) is 10.1 Å². The van der Waals surface area contributed by atoms with Crippen LogP contribution in [0.15, 0.2) is 12.1 Å². The van der Waals surface area contributed by atoms with E-state index in [0.717, 1.165) is 12.1 Å². The second kappa shape index (κ2) is 4.53. The first-order chi connectivity index (χ1) is 7.47. The smallest absolute Gasteiger partial charge is 0.387 e. The number of rotatable bonds is 3. The lowest BCUT2D eigenvalue weighted by atomic mass is 10.1. The van der Waals surface area contributed by atoms with Gasteiger partial charge in [-0.15, -0.1) is 0 Å². The van der Waals surface area contributed by atoms with E-state index in [9.17, 15) is 18.9 Å². The Bertz CT molecular complexity index is 469. The van der Waals surface area contributed by atoms with Crippen LogP contribution in [0.25, 0.3) is 0 Å². The molecule has 0 radical (unpaired) electrons. The summed E-state index contributed by atoms with van der Waals surface area (Å²) in [6.07, 6.45) is 0. The zero-order valence-corrected chi connectivity index (χ0v) is 8.11. The van der Waals surface area contributed by atoms with Gasteiger partial charge in [0.25, 0.3) is 5.69 Å². The van der Waals surface area contributed by atoms with Crippen molar-refractivity contribution in [1.82, 2.24) is 0 Å². The third-order valence-electron chi connectivity index (χ3n) is 1.92. The lowest BCUT2D eigenvalue weighted by Gasteiger charge is -2.08. The number of nitrogens with zero attached hydrogens (tertiary/aromatic N) is 2. The van der Waals surface area contributed by atoms with Gasteiger partial charge in [0.1, 0.15) is 17.4 Å². The standard InChI is InChI=1S/C9H6F2N2O3/c1-5-6(4-12)7(13(14)15)2-3-8(5)16-9(10)11/h2-3,9H,1H3. The number of halogens is 2. The maximum Gasteiger partial charge on any atom is 0.387 e. The van der Waals surface area contributed by atoms with Crippen LogP contribution in [0.1, 0.15) is 11.1 Å². The summed E-state index contributed by atoms with van der Waals surface area (Å²) in [5.41, 5.74) is -0.679. The van der Waals surface area contributed by atoms with E-state index in [1.165, 1.54) is 6.92 Å². The summed E-state index contributed by atoms with van der Waals surface area (Å²) < 4.78 is 28.0. The Morgan fingerprint density at radius 2 is 2.19 bits per heavy atom. The van der Waals surface area contributed by atoms with Crippen molar-refractivity contribution in [3.8, 4) is 11.8 Å². The van der Waals surface area contributed by atoms with Crippen LogP contribution in [0, 0.1) is 28.4 Å². The molecule has 0 fully saturated rings. The molecule has 0 saturated heterocycles. The van der Waals surface area contributed by atoms with E-state index >= 15 is 0 Å². The highest BCUT2D eigenvalue weighted by Gasteiger charge is 2.20. The first-order valence-corrected chi connectivity index (χ1v) is 4.10. The second-order valence-electron chi connectivity index (χ2n) is 2.83.